The van der Waals surface area contributed by atoms with Crippen molar-refractivity contribution in [1.29, 1.82) is 0 Å². The Bertz CT molecular complexity index is 1000. The lowest BCUT2D eigenvalue weighted by molar-refractivity contribution is -0.116. The van der Waals surface area contributed by atoms with Crippen LogP contribution in [0.2, 0.25) is 0 Å². The molecule has 0 saturated carbocycles. The minimum Gasteiger partial charge on any atom is -0.383 e. The fourth-order valence-electron chi connectivity index (χ4n) is 3.81. The highest BCUT2D eigenvalue weighted by Gasteiger charge is 2.22. The fourth-order valence-corrected chi connectivity index (χ4v) is 3.81. The molecular formula is C20H23N5O. The molecule has 3 aromatic rings. The molecule has 0 radical (unpaired) electrons. The highest BCUT2D eigenvalue weighted by atomic mass is 16.2. The lowest BCUT2D eigenvalue weighted by Gasteiger charge is -2.29. The van der Waals surface area contributed by atoms with Crippen LogP contribution in [-0.2, 0) is 11.2 Å². The number of aromatic nitrogens is 3. The molecule has 0 aliphatic carbocycles. The molecule has 134 valence electrons. The van der Waals surface area contributed by atoms with Crippen LogP contribution in [0.1, 0.15) is 38.8 Å². The molecular weight excluding hydrogens is 326 g/mol. The minimum atomic E-state index is 0.0905. The maximum atomic E-state index is 11.9. The summed E-state index contributed by atoms with van der Waals surface area (Å²) in [4.78, 5) is 22.4. The maximum Gasteiger partial charge on any atom is 0.223 e. The molecule has 0 fully saturated rings. The van der Waals surface area contributed by atoms with Crippen molar-refractivity contribution in [3.05, 3.63) is 36.3 Å². The molecule has 2 N–H and O–H groups in total. The number of rotatable bonds is 2. The number of nitrogens with zero attached hydrogens (tertiary/aromatic N) is 4. The van der Waals surface area contributed by atoms with Crippen LogP contribution in [0, 0.1) is 0 Å². The zero-order chi connectivity index (χ0) is 18.4. The van der Waals surface area contributed by atoms with Crippen LogP contribution < -0.4 is 10.6 Å². The van der Waals surface area contributed by atoms with Gasteiger partial charge in [0.05, 0.1) is 5.39 Å². The Balaban J connectivity index is 1.90. The average Bonchev–Trinajstić information content (AvgIpc) is 3.02. The Kier molecular flexibility index (Phi) is 3.90. The Morgan fingerprint density at radius 2 is 2.08 bits per heavy atom. The lowest BCUT2D eigenvalue weighted by Crippen LogP contribution is -2.33. The van der Waals surface area contributed by atoms with Crippen molar-refractivity contribution < 1.29 is 4.79 Å². The first-order valence-electron chi connectivity index (χ1n) is 8.99. The summed E-state index contributed by atoms with van der Waals surface area (Å²) in [5, 5.41) is 0.889. The first-order valence-corrected chi connectivity index (χ1v) is 8.99. The van der Waals surface area contributed by atoms with E-state index in [0.29, 0.717) is 5.82 Å². The molecule has 4 rings (SSSR count). The van der Waals surface area contributed by atoms with Gasteiger partial charge in [0.15, 0.2) is 0 Å². The predicted octanol–water partition coefficient (Wildman–Crippen LogP) is 3.56. The van der Waals surface area contributed by atoms with Gasteiger partial charge in [-0.2, -0.15) is 0 Å². The molecule has 26 heavy (non-hydrogen) atoms. The highest BCUT2D eigenvalue weighted by molar-refractivity contribution is 6.01. The third kappa shape index (κ3) is 2.53. The third-order valence-electron chi connectivity index (χ3n) is 5.08. The molecule has 0 spiro atoms. The third-order valence-corrected chi connectivity index (χ3v) is 5.08. The number of benzene rings is 1. The van der Waals surface area contributed by atoms with E-state index in [2.05, 4.69) is 46.7 Å². The summed E-state index contributed by atoms with van der Waals surface area (Å²) in [6.07, 6.45) is 5.57. The molecule has 0 atom stereocenters. The molecule has 1 aromatic carbocycles. The number of aryl methyl sites for hydroxylation is 1. The Morgan fingerprint density at radius 1 is 1.27 bits per heavy atom. The van der Waals surface area contributed by atoms with Gasteiger partial charge in [0.2, 0.25) is 5.91 Å². The second-order valence-corrected chi connectivity index (χ2v) is 7.12. The summed E-state index contributed by atoms with van der Waals surface area (Å²) in [6, 6.07) is 6.55. The van der Waals surface area contributed by atoms with E-state index in [-0.39, 0.29) is 11.9 Å². The summed E-state index contributed by atoms with van der Waals surface area (Å²) >= 11 is 0. The predicted molar refractivity (Wildman–Crippen MR) is 104 cm³/mol. The quantitative estimate of drug-likeness (QED) is 0.767. The van der Waals surface area contributed by atoms with E-state index in [1.54, 1.807) is 6.92 Å². The Hall–Kier alpha value is -2.89. The van der Waals surface area contributed by atoms with Crippen LogP contribution >= 0.6 is 0 Å². The van der Waals surface area contributed by atoms with Crippen molar-refractivity contribution in [2.45, 2.75) is 39.7 Å². The molecule has 1 amide bonds. The highest BCUT2D eigenvalue weighted by Crippen LogP contribution is 2.37. The van der Waals surface area contributed by atoms with Gasteiger partial charge in [-0.3, -0.25) is 4.79 Å². The van der Waals surface area contributed by atoms with Gasteiger partial charge < -0.3 is 15.2 Å². The number of carbonyl (C=O) groups is 1. The van der Waals surface area contributed by atoms with E-state index >= 15 is 0 Å². The second kappa shape index (κ2) is 6.12. The van der Waals surface area contributed by atoms with Gasteiger partial charge in [0, 0.05) is 37.0 Å². The number of nitrogen functional groups attached to an aromatic ring is 1. The van der Waals surface area contributed by atoms with Gasteiger partial charge in [-0.15, -0.1) is 0 Å². The van der Waals surface area contributed by atoms with Crippen LogP contribution in [0.25, 0.3) is 22.2 Å². The van der Waals surface area contributed by atoms with E-state index in [9.17, 15) is 4.79 Å². The first-order chi connectivity index (χ1) is 12.5. The molecule has 6 heteroatoms. The monoisotopic (exact) mass is 349 g/mol. The summed E-state index contributed by atoms with van der Waals surface area (Å²) in [5.74, 6) is 0.584. The Morgan fingerprint density at radius 3 is 2.81 bits per heavy atom. The normalized spacial score (nSPS) is 14.1. The van der Waals surface area contributed by atoms with Gasteiger partial charge in [0.1, 0.15) is 17.8 Å². The number of carbonyl (C=O) groups excluding carboxylic acids is 1. The Labute approximate surface area is 152 Å². The van der Waals surface area contributed by atoms with Crippen LogP contribution in [0.15, 0.2) is 30.7 Å². The largest absolute Gasteiger partial charge is 0.383 e. The van der Waals surface area contributed by atoms with E-state index in [1.807, 2.05) is 11.0 Å². The maximum absolute atomic E-state index is 11.9. The topological polar surface area (TPSA) is 77.0 Å². The van der Waals surface area contributed by atoms with E-state index in [4.69, 9.17) is 5.73 Å². The van der Waals surface area contributed by atoms with E-state index in [1.165, 1.54) is 11.9 Å². The van der Waals surface area contributed by atoms with Crippen LogP contribution in [0.3, 0.4) is 0 Å². The van der Waals surface area contributed by atoms with Crippen molar-refractivity contribution in [3.63, 3.8) is 0 Å². The van der Waals surface area contributed by atoms with Crippen molar-refractivity contribution in [2.75, 3.05) is 17.2 Å². The number of nitrogens with two attached hydrogens (primary N) is 1. The molecule has 3 heterocycles. The second-order valence-electron chi connectivity index (χ2n) is 7.12. The zero-order valence-corrected chi connectivity index (χ0v) is 15.4. The zero-order valence-electron chi connectivity index (χ0n) is 15.4. The first kappa shape index (κ1) is 16.6. The van der Waals surface area contributed by atoms with E-state index in [0.717, 1.165) is 47.2 Å². The van der Waals surface area contributed by atoms with Gasteiger partial charge in [0.25, 0.3) is 0 Å². The molecule has 1 aliphatic heterocycles. The molecule has 2 aromatic heterocycles. The SMILES string of the molecule is CC(=O)N1CCCc2cc(-c3cn(C(C)C)c4ncnc(N)c34)ccc21. The fraction of sp³-hybridized carbons (Fsp3) is 0.350. The van der Waals surface area contributed by atoms with Gasteiger partial charge in [-0.25, -0.2) is 9.97 Å². The molecule has 0 unspecified atom stereocenters. The molecule has 1 aliphatic rings. The van der Waals surface area contributed by atoms with Crippen LogP contribution in [0.4, 0.5) is 11.5 Å². The minimum absolute atomic E-state index is 0.0905. The van der Waals surface area contributed by atoms with Crippen molar-refractivity contribution in [1.82, 2.24) is 14.5 Å². The standard InChI is InChI=1S/C20H23N5O/c1-12(2)25-10-16(18-19(21)22-11-23-20(18)25)14-6-7-17-15(9-14)5-4-8-24(17)13(3)26/h6-7,9-12H,4-5,8H2,1-3H3,(H2,21,22,23). The van der Waals surface area contributed by atoms with Gasteiger partial charge in [-0.1, -0.05) is 6.07 Å². The summed E-state index contributed by atoms with van der Waals surface area (Å²) < 4.78 is 2.13. The average molecular weight is 349 g/mol. The molecule has 0 saturated heterocycles. The number of amides is 1. The summed E-state index contributed by atoms with van der Waals surface area (Å²) in [5.41, 5.74) is 11.4. The van der Waals surface area contributed by atoms with Gasteiger partial charge in [-0.05, 0) is 49.9 Å². The summed E-state index contributed by atoms with van der Waals surface area (Å²) in [7, 11) is 0. The van der Waals surface area contributed by atoms with Crippen LogP contribution in [-0.4, -0.2) is 27.0 Å². The van der Waals surface area contributed by atoms with Gasteiger partial charge >= 0.3 is 0 Å². The molecule has 0 bridgehead atoms. The lowest BCUT2D eigenvalue weighted by atomic mass is 9.96. The number of anilines is 2. The molecule has 6 nitrogen and oxygen atoms in total. The number of hydrogen-bond donors (Lipinski definition) is 1. The van der Waals surface area contributed by atoms with Crippen molar-refractivity contribution in [3.8, 4) is 11.1 Å². The smallest absolute Gasteiger partial charge is 0.223 e. The number of hydrogen-bond acceptors (Lipinski definition) is 4. The summed E-state index contributed by atoms with van der Waals surface area (Å²) in [6.45, 7) is 6.66. The van der Waals surface area contributed by atoms with Crippen molar-refractivity contribution in [2.24, 2.45) is 0 Å². The number of fused-ring (bicyclic) bond motifs is 2. The van der Waals surface area contributed by atoms with E-state index < -0.39 is 0 Å². The van der Waals surface area contributed by atoms with Crippen LogP contribution in [0.5, 0.6) is 0 Å². The van der Waals surface area contributed by atoms with Crippen molar-refractivity contribution >= 4 is 28.4 Å².